The van der Waals surface area contributed by atoms with E-state index in [2.05, 4.69) is 5.32 Å². The van der Waals surface area contributed by atoms with Crippen molar-refractivity contribution in [1.82, 2.24) is 9.80 Å². The van der Waals surface area contributed by atoms with Gasteiger partial charge in [-0.15, -0.1) is 11.3 Å². The largest absolute Gasteiger partial charge is 0.337 e. The fraction of sp³-hybridized carbons (Fsp3) is 0.333. The number of nitrogens with zero attached hydrogens (tertiary/aromatic N) is 2. The molecular formula is C18H18Cl2FN3O2S. The van der Waals surface area contributed by atoms with Crippen LogP contribution in [-0.2, 0) is 4.79 Å². The highest BCUT2D eigenvalue weighted by Crippen LogP contribution is 2.32. The summed E-state index contributed by atoms with van der Waals surface area (Å²) in [6.07, 6.45) is 0.755. The van der Waals surface area contributed by atoms with Gasteiger partial charge in [-0.05, 0) is 36.8 Å². The lowest BCUT2D eigenvalue weighted by Crippen LogP contribution is -2.38. The molecule has 1 aromatic carbocycles. The summed E-state index contributed by atoms with van der Waals surface area (Å²) >= 11 is 13.2. The first-order chi connectivity index (χ1) is 12.9. The second kappa shape index (κ2) is 9.01. The zero-order chi connectivity index (χ0) is 19.4. The van der Waals surface area contributed by atoms with E-state index in [0.717, 1.165) is 6.42 Å². The molecule has 2 aromatic rings. The first-order valence-corrected chi connectivity index (χ1v) is 10.0. The molecular weight excluding hydrogens is 412 g/mol. The van der Waals surface area contributed by atoms with Crippen LogP contribution in [0.3, 0.4) is 0 Å². The van der Waals surface area contributed by atoms with Crippen molar-refractivity contribution in [3.05, 3.63) is 50.4 Å². The molecule has 2 amide bonds. The van der Waals surface area contributed by atoms with Gasteiger partial charge in [0.05, 0.1) is 16.4 Å². The second-order valence-corrected chi connectivity index (χ2v) is 8.50. The number of rotatable bonds is 4. The maximum Gasteiger partial charge on any atom is 0.256 e. The van der Waals surface area contributed by atoms with Crippen molar-refractivity contribution in [2.45, 2.75) is 6.42 Å². The molecule has 9 heteroatoms. The lowest BCUT2D eigenvalue weighted by molar-refractivity contribution is -0.117. The number of nitrogens with one attached hydrogen (secondary N) is 1. The van der Waals surface area contributed by atoms with Crippen molar-refractivity contribution in [3.8, 4) is 0 Å². The highest BCUT2D eigenvalue weighted by atomic mass is 35.5. The SMILES string of the molecule is O=C(CN1CCCN(C(=O)c2cc(Cl)sc2Cl)CC1)Nc1ccc(F)cc1. The fourth-order valence-corrected chi connectivity index (χ4v) is 4.37. The van der Waals surface area contributed by atoms with Crippen molar-refractivity contribution < 1.29 is 14.0 Å². The van der Waals surface area contributed by atoms with E-state index in [4.69, 9.17) is 23.2 Å². The Labute approximate surface area is 170 Å². The van der Waals surface area contributed by atoms with E-state index in [-0.39, 0.29) is 24.2 Å². The first kappa shape index (κ1) is 20.1. The van der Waals surface area contributed by atoms with Crippen LogP contribution in [0.15, 0.2) is 30.3 Å². The van der Waals surface area contributed by atoms with Crippen LogP contribution in [0.4, 0.5) is 10.1 Å². The zero-order valence-corrected chi connectivity index (χ0v) is 16.7. The Balaban J connectivity index is 1.53. The molecule has 1 aliphatic heterocycles. The van der Waals surface area contributed by atoms with E-state index < -0.39 is 0 Å². The summed E-state index contributed by atoms with van der Waals surface area (Å²) in [5.41, 5.74) is 0.978. The summed E-state index contributed by atoms with van der Waals surface area (Å²) in [5, 5.41) is 2.75. The van der Waals surface area contributed by atoms with Gasteiger partial charge in [0.25, 0.3) is 5.91 Å². The van der Waals surface area contributed by atoms with Gasteiger partial charge in [0.15, 0.2) is 0 Å². The summed E-state index contributed by atoms with van der Waals surface area (Å²) in [5.74, 6) is -0.660. The van der Waals surface area contributed by atoms with Gasteiger partial charge in [-0.3, -0.25) is 14.5 Å². The Morgan fingerprint density at radius 1 is 1.11 bits per heavy atom. The molecule has 27 heavy (non-hydrogen) atoms. The minimum Gasteiger partial charge on any atom is -0.337 e. The van der Waals surface area contributed by atoms with Crippen LogP contribution in [-0.4, -0.2) is 54.3 Å². The van der Waals surface area contributed by atoms with Gasteiger partial charge in [0, 0.05) is 31.9 Å². The average Bonchev–Trinajstić information content (AvgIpc) is 2.81. The fourth-order valence-electron chi connectivity index (χ4n) is 2.93. The molecule has 0 radical (unpaired) electrons. The molecule has 0 aliphatic carbocycles. The molecule has 3 rings (SSSR count). The number of amides is 2. The molecule has 0 spiro atoms. The maximum absolute atomic E-state index is 12.9. The van der Waals surface area contributed by atoms with Crippen LogP contribution in [0.25, 0.3) is 0 Å². The third kappa shape index (κ3) is 5.42. The number of hydrogen-bond donors (Lipinski definition) is 1. The minimum atomic E-state index is -0.350. The van der Waals surface area contributed by atoms with E-state index in [9.17, 15) is 14.0 Å². The van der Waals surface area contributed by atoms with E-state index in [0.29, 0.717) is 46.1 Å². The van der Waals surface area contributed by atoms with Gasteiger partial charge in [0.2, 0.25) is 5.91 Å². The first-order valence-electron chi connectivity index (χ1n) is 8.44. The molecule has 1 aromatic heterocycles. The maximum atomic E-state index is 12.9. The summed E-state index contributed by atoms with van der Waals surface area (Å²) in [6.45, 7) is 2.60. The Kier molecular flexibility index (Phi) is 6.70. The average molecular weight is 430 g/mol. The summed E-state index contributed by atoms with van der Waals surface area (Å²) in [4.78, 5) is 28.6. The highest BCUT2D eigenvalue weighted by molar-refractivity contribution is 7.20. The lowest BCUT2D eigenvalue weighted by Gasteiger charge is -2.21. The van der Waals surface area contributed by atoms with Crippen molar-refractivity contribution in [2.75, 3.05) is 38.0 Å². The molecule has 1 fully saturated rings. The molecule has 144 valence electrons. The highest BCUT2D eigenvalue weighted by Gasteiger charge is 2.24. The van der Waals surface area contributed by atoms with Crippen LogP contribution in [0.1, 0.15) is 16.8 Å². The minimum absolute atomic E-state index is 0.138. The molecule has 5 nitrogen and oxygen atoms in total. The third-order valence-corrected chi connectivity index (χ3v) is 5.75. The van der Waals surface area contributed by atoms with Gasteiger partial charge in [0.1, 0.15) is 10.2 Å². The quantitative estimate of drug-likeness (QED) is 0.799. The Morgan fingerprint density at radius 3 is 2.52 bits per heavy atom. The Bertz CT molecular complexity index is 829. The van der Waals surface area contributed by atoms with E-state index in [1.807, 2.05) is 4.90 Å². The van der Waals surface area contributed by atoms with Crippen LogP contribution < -0.4 is 5.32 Å². The van der Waals surface area contributed by atoms with E-state index >= 15 is 0 Å². The van der Waals surface area contributed by atoms with Crippen LogP contribution in [0.5, 0.6) is 0 Å². The Hall–Kier alpha value is -1.67. The normalized spacial score (nSPS) is 15.4. The van der Waals surface area contributed by atoms with Crippen molar-refractivity contribution in [2.24, 2.45) is 0 Å². The number of carbonyl (C=O) groups excluding carboxylic acids is 2. The van der Waals surface area contributed by atoms with E-state index in [1.165, 1.54) is 35.6 Å². The standard InChI is InChI=1S/C18H18Cl2FN3O2S/c19-15-10-14(17(20)27-15)18(26)24-7-1-6-23(8-9-24)11-16(25)22-13-4-2-12(21)3-5-13/h2-5,10H,1,6-9,11H2,(H,22,25). The van der Waals surface area contributed by atoms with Gasteiger partial charge >= 0.3 is 0 Å². The summed E-state index contributed by atoms with van der Waals surface area (Å²) in [7, 11) is 0. The molecule has 2 heterocycles. The molecule has 1 aliphatic rings. The van der Waals surface area contributed by atoms with Gasteiger partial charge in [-0.2, -0.15) is 0 Å². The lowest BCUT2D eigenvalue weighted by atomic mass is 10.3. The van der Waals surface area contributed by atoms with Crippen LogP contribution >= 0.6 is 34.5 Å². The van der Waals surface area contributed by atoms with Crippen molar-refractivity contribution >= 4 is 52.0 Å². The third-order valence-electron chi connectivity index (χ3n) is 4.26. The van der Waals surface area contributed by atoms with Crippen molar-refractivity contribution in [3.63, 3.8) is 0 Å². The zero-order valence-electron chi connectivity index (χ0n) is 14.4. The molecule has 1 N–H and O–H groups in total. The number of hydrogen-bond acceptors (Lipinski definition) is 4. The molecule has 0 atom stereocenters. The predicted octanol–water partition coefficient (Wildman–Crippen LogP) is 3.98. The number of carbonyl (C=O) groups is 2. The number of halogens is 3. The molecule has 1 saturated heterocycles. The van der Waals surface area contributed by atoms with Crippen LogP contribution in [0.2, 0.25) is 8.67 Å². The number of anilines is 1. The number of benzene rings is 1. The van der Waals surface area contributed by atoms with Gasteiger partial charge in [-0.1, -0.05) is 23.2 Å². The molecule has 0 bridgehead atoms. The summed E-state index contributed by atoms with van der Waals surface area (Å²) in [6, 6.07) is 7.23. The van der Waals surface area contributed by atoms with Crippen LogP contribution in [0, 0.1) is 5.82 Å². The summed E-state index contributed by atoms with van der Waals surface area (Å²) < 4.78 is 13.8. The topological polar surface area (TPSA) is 52.7 Å². The number of thiophene rings is 1. The second-order valence-electron chi connectivity index (χ2n) is 6.21. The van der Waals surface area contributed by atoms with Gasteiger partial charge < -0.3 is 10.2 Å². The monoisotopic (exact) mass is 429 g/mol. The predicted molar refractivity (Wildman–Crippen MR) is 106 cm³/mol. The van der Waals surface area contributed by atoms with E-state index in [1.54, 1.807) is 11.0 Å². The van der Waals surface area contributed by atoms with Gasteiger partial charge in [-0.25, -0.2) is 4.39 Å². The Morgan fingerprint density at radius 2 is 1.85 bits per heavy atom. The molecule has 0 unspecified atom stereocenters. The smallest absolute Gasteiger partial charge is 0.256 e. The molecule has 0 saturated carbocycles. The van der Waals surface area contributed by atoms with Crippen molar-refractivity contribution in [1.29, 1.82) is 0 Å².